The molecule has 1 aliphatic heterocycles. The minimum Gasteiger partial charge on any atom is -0.398 e. The van der Waals surface area contributed by atoms with E-state index in [2.05, 4.69) is 10.2 Å². The Morgan fingerprint density at radius 2 is 1.92 bits per heavy atom. The minimum absolute atomic E-state index is 0.0449. The van der Waals surface area contributed by atoms with Crippen LogP contribution in [0.1, 0.15) is 36.4 Å². The second-order valence-corrected chi connectivity index (χ2v) is 7.02. The number of β-amino-alcohol motifs (C(OH)–C–C–N with tert-alkyl or cyclic N) is 1. The molecule has 2 aromatic carbocycles. The van der Waals surface area contributed by atoms with Crippen LogP contribution in [-0.4, -0.2) is 41.7 Å². The van der Waals surface area contributed by atoms with Gasteiger partial charge in [-0.25, -0.2) is 0 Å². The average molecular weight is 353 g/mol. The average Bonchev–Trinajstić information content (AvgIpc) is 3.06. The molecule has 4 N–H and O–H groups in total. The summed E-state index contributed by atoms with van der Waals surface area (Å²) in [5.74, 6) is -0.372. The molecule has 1 heterocycles. The Balaban J connectivity index is 1.74. The Kier molecular flexibility index (Phi) is 5.91. The molecule has 1 amide bonds. The van der Waals surface area contributed by atoms with Crippen molar-refractivity contribution in [2.45, 2.75) is 31.4 Å². The number of likely N-dealkylation sites (tertiary alicyclic amines) is 1. The topological polar surface area (TPSA) is 78.6 Å². The van der Waals surface area contributed by atoms with E-state index in [0.29, 0.717) is 18.8 Å². The quantitative estimate of drug-likeness (QED) is 0.696. The number of carbonyl (C=O) groups excluding carboxylic acids is 1. The van der Waals surface area contributed by atoms with Gasteiger partial charge in [-0.1, -0.05) is 48.5 Å². The van der Waals surface area contributed by atoms with E-state index in [1.807, 2.05) is 61.5 Å². The number of hydrogen-bond donors (Lipinski definition) is 3. The molecule has 0 bridgehead atoms. The van der Waals surface area contributed by atoms with Crippen molar-refractivity contribution in [3.63, 3.8) is 0 Å². The van der Waals surface area contributed by atoms with Crippen molar-refractivity contribution < 1.29 is 9.90 Å². The number of nitrogen functional groups attached to an aromatic ring is 1. The van der Waals surface area contributed by atoms with E-state index in [1.165, 1.54) is 0 Å². The summed E-state index contributed by atoms with van der Waals surface area (Å²) in [5, 5.41) is 13.0. The van der Waals surface area contributed by atoms with Crippen LogP contribution in [0.15, 0.2) is 54.6 Å². The largest absolute Gasteiger partial charge is 0.398 e. The van der Waals surface area contributed by atoms with Crippen molar-refractivity contribution >= 4 is 11.6 Å². The first-order valence-corrected chi connectivity index (χ1v) is 9.14. The fraction of sp³-hybridized carbons (Fsp3) is 0.381. The first-order chi connectivity index (χ1) is 12.5. The second-order valence-electron chi connectivity index (χ2n) is 7.02. The highest BCUT2D eigenvalue weighted by atomic mass is 16.3. The van der Waals surface area contributed by atoms with Crippen LogP contribution >= 0.6 is 0 Å². The Labute approximate surface area is 154 Å². The number of para-hydroxylation sites is 1. The van der Waals surface area contributed by atoms with Gasteiger partial charge in [-0.3, -0.25) is 9.69 Å². The third-order valence-corrected chi connectivity index (χ3v) is 5.06. The normalized spacial score (nSPS) is 19.8. The van der Waals surface area contributed by atoms with Crippen LogP contribution in [0.3, 0.4) is 0 Å². The number of hydrogen-bond acceptors (Lipinski definition) is 4. The monoisotopic (exact) mass is 353 g/mol. The zero-order chi connectivity index (χ0) is 18.5. The lowest BCUT2D eigenvalue weighted by molar-refractivity contribution is -0.123. The Morgan fingerprint density at radius 1 is 1.23 bits per heavy atom. The van der Waals surface area contributed by atoms with E-state index < -0.39 is 0 Å². The lowest BCUT2D eigenvalue weighted by Gasteiger charge is -2.26. The summed E-state index contributed by atoms with van der Waals surface area (Å²) < 4.78 is 0. The molecular weight excluding hydrogens is 326 g/mol. The fourth-order valence-corrected chi connectivity index (χ4v) is 3.50. The molecule has 0 saturated carbocycles. The molecule has 5 heteroatoms. The third-order valence-electron chi connectivity index (χ3n) is 5.06. The van der Waals surface area contributed by atoms with Crippen molar-refractivity contribution in [2.75, 3.05) is 25.4 Å². The summed E-state index contributed by atoms with van der Waals surface area (Å²) in [6.07, 6.45) is 0.511. The van der Waals surface area contributed by atoms with Crippen LogP contribution in [0, 0.1) is 0 Å². The van der Waals surface area contributed by atoms with Crippen LogP contribution in [0.2, 0.25) is 0 Å². The van der Waals surface area contributed by atoms with Crippen LogP contribution in [0.4, 0.5) is 5.69 Å². The molecule has 1 saturated heterocycles. The summed E-state index contributed by atoms with van der Waals surface area (Å²) in [6, 6.07) is 17.3. The number of aliphatic hydroxyl groups excluding tert-OH is 1. The van der Waals surface area contributed by atoms with Crippen LogP contribution in [-0.2, 0) is 4.79 Å². The molecule has 3 unspecified atom stereocenters. The number of rotatable bonds is 6. The molecule has 0 aromatic heterocycles. The molecule has 26 heavy (non-hydrogen) atoms. The van der Waals surface area contributed by atoms with Gasteiger partial charge in [0.15, 0.2) is 0 Å². The zero-order valence-corrected chi connectivity index (χ0v) is 15.1. The first kappa shape index (κ1) is 18.4. The standard InChI is InChI=1S/C21H27N3O2/c1-15(18-9-5-6-10-19(18)22)21(26)23-20(16-7-3-2-4-8-16)14-24-12-11-17(25)13-24/h2-10,15,17,20,25H,11-14,22H2,1H3,(H,23,26). The molecular formula is C21H27N3O2. The number of nitrogens with zero attached hydrogens (tertiary/aromatic N) is 1. The molecule has 2 aromatic rings. The molecule has 0 radical (unpaired) electrons. The van der Waals surface area contributed by atoms with Crippen LogP contribution in [0.5, 0.6) is 0 Å². The maximum atomic E-state index is 12.9. The van der Waals surface area contributed by atoms with E-state index >= 15 is 0 Å². The Bertz CT molecular complexity index is 735. The number of nitrogens with one attached hydrogen (secondary N) is 1. The highest BCUT2D eigenvalue weighted by molar-refractivity contribution is 5.85. The first-order valence-electron chi connectivity index (χ1n) is 9.14. The van der Waals surface area contributed by atoms with Gasteiger partial charge >= 0.3 is 0 Å². The highest BCUT2D eigenvalue weighted by Crippen LogP contribution is 2.24. The van der Waals surface area contributed by atoms with Crippen molar-refractivity contribution in [1.82, 2.24) is 10.2 Å². The van der Waals surface area contributed by atoms with Crippen molar-refractivity contribution in [3.8, 4) is 0 Å². The van der Waals surface area contributed by atoms with Crippen molar-refractivity contribution in [1.29, 1.82) is 0 Å². The summed E-state index contributed by atoms with van der Waals surface area (Å²) in [4.78, 5) is 15.1. The van der Waals surface area contributed by atoms with E-state index in [9.17, 15) is 9.90 Å². The van der Waals surface area contributed by atoms with Crippen LogP contribution < -0.4 is 11.1 Å². The summed E-state index contributed by atoms with van der Waals surface area (Å²) in [7, 11) is 0. The molecule has 5 nitrogen and oxygen atoms in total. The van der Waals surface area contributed by atoms with E-state index in [-0.39, 0.29) is 24.0 Å². The number of benzene rings is 2. The van der Waals surface area contributed by atoms with Gasteiger partial charge in [0.05, 0.1) is 18.1 Å². The van der Waals surface area contributed by atoms with Gasteiger partial charge in [-0.2, -0.15) is 0 Å². The third kappa shape index (κ3) is 4.42. The minimum atomic E-state index is -0.327. The predicted molar refractivity (Wildman–Crippen MR) is 104 cm³/mol. The summed E-state index contributed by atoms with van der Waals surface area (Å²) in [5.41, 5.74) is 8.57. The van der Waals surface area contributed by atoms with Gasteiger partial charge < -0.3 is 16.2 Å². The van der Waals surface area contributed by atoms with Crippen molar-refractivity contribution in [2.24, 2.45) is 0 Å². The second kappa shape index (κ2) is 8.34. The fourth-order valence-electron chi connectivity index (χ4n) is 3.50. The maximum Gasteiger partial charge on any atom is 0.227 e. The SMILES string of the molecule is CC(C(=O)NC(CN1CCC(O)C1)c1ccccc1)c1ccccc1N. The molecule has 3 rings (SSSR count). The maximum absolute atomic E-state index is 12.9. The van der Waals surface area contributed by atoms with Gasteiger partial charge in [0, 0.05) is 25.3 Å². The van der Waals surface area contributed by atoms with E-state index in [4.69, 9.17) is 5.73 Å². The molecule has 138 valence electrons. The Morgan fingerprint density at radius 3 is 2.58 bits per heavy atom. The van der Waals surface area contributed by atoms with E-state index in [0.717, 1.165) is 24.1 Å². The lowest BCUT2D eigenvalue weighted by Crippen LogP contribution is -2.39. The van der Waals surface area contributed by atoms with Gasteiger partial charge in [0.1, 0.15) is 0 Å². The van der Waals surface area contributed by atoms with Gasteiger partial charge in [-0.05, 0) is 30.5 Å². The smallest absolute Gasteiger partial charge is 0.227 e. The summed E-state index contributed by atoms with van der Waals surface area (Å²) >= 11 is 0. The molecule has 0 aliphatic carbocycles. The number of aliphatic hydroxyl groups is 1. The predicted octanol–water partition coefficient (Wildman–Crippen LogP) is 2.30. The molecule has 0 spiro atoms. The number of anilines is 1. The van der Waals surface area contributed by atoms with Crippen LogP contribution in [0.25, 0.3) is 0 Å². The molecule has 3 atom stereocenters. The number of carbonyl (C=O) groups is 1. The molecule has 1 aliphatic rings. The zero-order valence-electron chi connectivity index (χ0n) is 15.1. The van der Waals surface area contributed by atoms with Gasteiger partial charge in [0.2, 0.25) is 5.91 Å². The lowest BCUT2D eigenvalue weighted by atomic mass is 9.97. The number of nitrogens with two attached hydrogens (primary N) is 1. The van der Waals surface area contributed by atoms with E-state index in [1.54, 1.807) is 0 Å². The van der Waals surface area contributed by atoms with Gasteiger partial charge in [-0.15, -0.1) is 0 Å². The number of amides is 1. The van der Waals surface area contributed by atoms with Crippen molar-refractivity contribution in [3.05, 3.63) is 65.7 Å². The van der Waals surface area contributed by atoms with Gasteiger partial charge in [0.25, 0.3) is 0 Å². The molecule has 1 fully saturated rings. The summed E-state index contributed by atoms with van der Waals surface area (Å²) in [6.45, 7) is 4.06. The highest BCUT2D eigenvalue weighted by Gasteiger charge is 2.26. The Hall–Kier alpha value is -2.37.